The van der Waals surface area contributed by atoms with Gasteiger partial charge in [0, 0.05) is 0 Å². The first-order valence-corrected chi connectivity index (χ1v) is 7.06. The molecule has 0 aromatic heterocycles. The van der Waals surface area contributed by atoms with Crippen molar-refractivity contribution < 1.29 is 19.7 Å². The zero-order chi connectivity index (χ0) is 16.1. The van der Waals surface area contributed by atoms with Crippen molar-refractivity contribution in [2.24, 2.45) is 0 Å². The molecule has 0 aliphatic carbocycles. The van der Waals surface area contributed by atoms with Crippen LogP contribution in [0.3, 0.4) is 0 Å². The molecule has 1 N–H and O–H groups in total. The van der Waals surface area contributed by atoms with E-state index in [0.29, 0.717) is 16.9 Å². The minimum atomic E-state index is -0.474. The van der Waals surface area contributed by atoms with Crippen molar-refractivity contribution in [2.45, 2.75) is 0 Å². The predicted octanol–water partition coefficient (Wildman–Crippen LogP) is 4.42. The van der Waals surface area contributed by atoms with Gasteiger partial charge in [-0.2, -0.15) is 0 Å². The highest BCUT2D eigenvalue weighted by Crippen LogP contribution is 2.38. The Labute approximate surface area is 133 Å². The van der Waals surface area contributed by atoms with Crippen LogP contribution < -0.4 is 9.62 Å². The van der Waals surface area contributed by atoms with Crippen molar-refractivity contribution in [1.29, 1.82) is 0 Å². The van der Waals surface area contributed by atoms with Crippen molar-refractivity contribution in [3.8, 4) is 22.6 Å². The Morgan fingerprint density at radius 1 is 0.739 bits per heavy atom. The molecule has 0 spiro atoms. The average molecular weight is 306 g/mol. The lowest BCUT2D eigenvalue weighted by Gasteiger charge is -2.13. The maximum absolute atomic E-state index is 12.3. The number of esters is 1. The van der Waals surface area contributed by atoms with Gasteiger partial charge >= 0.3 is 5.97 Å². The first-order valence-electron chi connectivity index (χ1n) is 7.06. The summed E-state index contributed by atoms with van der Waals surface area (Å²) in [4.78, 5) is 16.7. The Morgan fingerprint density at radius 3 is 2.00 bits per heavy atom. The third kappa shape index (κ3) is 3.22. The van der Waals surface area contributed by atoms with Gasteiger partial charge in [-0.3, -0.25) is 0 Å². The predicted molar refractivity (Wildman–Crippen MR) is 86.5 cm³/mol. The monoisotopic (exact) mass is 306 g/mol. The van der Waals surface area contributed by atoms with Gasteiger partial charge in [0.2, 0.25) is 0 Å². The summed E-state index contributed by atoms with van der Waals surface area (Å²) in [6.45, 7) is 0. The van der Waals surface area contributed by atoms with E-state index in [1.165, 1.54) is 0 Å². The van der Waals surface area contributed by atoms with Crippen LogP contribution in [0, 0.1) is 0 Å². The van der Waals surface area contributed by atoms with Gasteiger partial charge in [-0.25, -0.2) is 10.1 Å². The molecule has 4 nitrogen and oxygen atoms in total. The van der Waals surface area contributed by atoms with Crippen LogP contribution in [-0.2, 0) is 0 Å². The minimum absolute atomic E-state index is 0.217. The molecule has 23 heavy (non-hydrogen) atoms. The summed E-state index contributed by atoms with van der Waals surface area (Å²) in [5.74, 6) is 0.0593. The van der Waals surface area contributed by atoms with E-state index in [1.54, 1.807) is 42.5 Å². The van der Waals surface area contributed by atoms with Crippen molar-refractivity contribution in [2.75, 3.05) is 0 Å². The molecule has 3 rings (SSSR count). The van der Waals surface area contributed by atoms with Gasteiger partial charge in [0.15, 0.2) is 5.75 Å². The zero-order valence-corrected chi connectivity index (χ0v) is 12.2. The lowest BCUT2D eigenvalue weighted by atomic mass is 10.0. The molecule has 0 atom stereocenters. The smallest absolute Gasteiger partial charge is 0.343 e. The van der Waals surface area contributed by atoms with Gasteiger partial charge in [-0.05, 0) is 29.8 Å². The van der Waals surface area contributed by atoms with Crippen LogP contribution in [0.25, 0.3) is 11.1 Å². The van der Waals surface area contributed by atoms with Crippen LogP contribution in [0.2, 0.25) is 0 Å². The first kappa shape index (κ1) is 14.8. The van der Waals surface area contributed by atoms with Crippen molar-refractivity contribution in [1.82, 2.24) is 0 Å². The quantitative estimate of drug-likeness (QED) is 0.335. The molecule has 0 saturated carbocycles. The van der Waals surface area contributed by atoms with E-state index in [1.807, 2.05) is 36.4 Å². The van der Waals surface area contributed by atoms with Crippen LogP contribution in [0.5, 0.6) is 11.5 Å². The second-order valence-electron chi connectivity index (χ2n) is 4.84. The van der Waals surface area contributed by atoms with Crippen molar-refractivity contribution in [3.05, 3.63) is 84.4 Å². The summed E-state index contributed by atoms with van der Waals surface area (Å²) in [5.41, 5.74) is 1.73. The summed E-state index contributed by atoms with van der Waals surface area (Å²) in [6.07, 6.45) is 0. The van der Waals surface area contributed by atoms with E-state index in [0.717, 1.165) is 5.56 Å². The van der Waals surface area contributed by atoms with E-state index in [9.17, 15) is 4.79 Å². The number of rotatable bonds is 4. The van der Waals surface area contributed by atoms with Gasteiger partial charge in [0.1, 0.15) is 5.75 Å². The molecule has 0 aliphatic heterocycles. The van der Waals surface area contributed by atoms with E-state index < -0.39 is 5.97 Å². The Kier molecular flexibility index (Phi) is 4.36. The molecular weight excluding hydrogens is 292 g/mol. The Balaban J connectivity index is 2.01. The molecule has 0 fully saturated rings. The Hall–Kier alpha value is -3.11. The Bertz CT molecular complexity index is 798. The normalized spacial score (nSPS) is 10.1. The van der Waals surface area contributed by atoms with E-state index in [-0.39, 0.29) is 5.75 Å². The molecule has 0 bridgehead atoms. The average Bonchev–Trinajstić information content (AvgIpc) is 2.63. The topological polar surface area (TPSA) is 55.8 Å². The van der Waals surface area contributed by atoms with Crippen molar-refractivity contribution in [3.63, 3.8) is 0 Å². The second kappa shape index (κ2) is 6.77. The fourth-order valence-corrected chi connectivity index (χ4v) is 2.29. The van der Waals surface area contributed by atoms with Gasteiger partial charge in [-0.15, -0.1) is 0 Å². The number of hydrogen-bond acceptors (Lipinski definition) is 4. The van der Waals surface area contributed by atoms with Gasteiger partial charge in [0.25, 0.3) is 0 Å². The highest BCUT2D eigenvalue weighted by Gasteiger charge is 2.17. The minimum Gasteiger partial charge on any atom is -0.422 e. The van der Waals surface area contributed by atoms with E-state index in [2.05, 4.69) is 4.89 Å². The number of benzene rings is 3. The largest absolute Gasteiger partial charge is 0.422 e. The molecular formula is C19H14O4. The first-order chi connectivity index (χ1) is 11.3. The third-order valence-corrected chi connectivity index (χ3v) is 3.36. The van der Waals surface area contributed by atoms with Gasteiger partial charge in [0.05, 0.1) is 11.1 Å². The maximum Gasteiger partial charge on any atom is 0.343 e. The second-order valence-corrected chi connectivity index (χ2v) is 4.84. The molecule has 4 heteroatoms. The van der Waals surface area contributed by atoms with Gasteiger partial charge in [-0.1, -0.05) is 54.6 Å². The summed E-state index contributed by atoms with van der Waals surface area (Å²) >= 11 is 0. The Morgan fingerprint density at radius 2 is 1.35 bits per heavy atom. The fourth-order valence-electron chi connectivity index (χ4n) is 2.29. The van der Waals surface area contributed by atoms with Crippen LogP contribution in [0.4, 0.5) is 0 Å². The lowest BCUT2D eigenvalue weighted by molar-refractivity contribution is -0.137. The van der Waals surface area contributed by atoms with Gasteiger partial charge < -0.3 is 9.62 Å². The number of ether oxygens (including phenoxy) is 1. The highest BCUT2D eigenvalue weighted by molar-refractivity contribution is 5.92. The molecule has 3 aromatic rings. The summed E-state index contributed by atoms with van der Waals surface area (Å²) < 4.78 is 5.50. The molecule has 0 saturated heterocycles. The summed E-state index contributed by atoms with van der Waals surface area (Å²) in [7, 11) is 0. The molecule has 3 aromatic carbocycles. The third-order valence-electron chi connectivity index (χ3n) is 3.36. The SMILES string of the molecule is O=C(Oc1cccc(OO)c1-c1ccccc1)c1ccccc1. The van der Waals surface area contributed by atoms with Crippen molar-refractivity contribution >= 4 is 5.97 Å². The highest BCUT2D eigenvalue weighted by atomic mass is 17.1. The van der Waals surface area contributed by atoms with Crippen LogP contribution in [0.1, 0.15) is 10.4 Å². The zero-order valence-electron chi connectivity index (χ0n) is 12.2. The molecule has 0 amide bonds. The fraction of sp³-hybridized carbons (Fsp3) is 0. The van der Waals surface area contributed by atoms with E-state index in [4.69, 9.17) is 9.99 Å². The van der Waals surface area contributed by atoms with E-state index >= 15 is 0 Å². The molecule has 0 heterocycles. The van der Waals surface area contributed by atoms with Crippen LogP contribution in [0.15, 0.2) is 78.9 Å². The summed E-state index contributed by atoms with van der Waals surface area (Å²) in [5, 5.41) is 9.11. The number of hydrogen-bond donors (Lipinski definition) is 1. The summed E-state index contributed by atoms with van der Waals surface area (Å²) in [6, 6.07) is 22.9. The molecule has 0 radical (unpaired) electrons. The molecule has 114 valence electrons. The molecule has 0 unspecified atom stereocenters. The number of carbonyl (C=O) groups excluding carboxylic acids is 1. The standard InChI is InChI=1S/C19H14O4/c20-19(15-10-5-2-6-11-15)22-16-12-7-13-17(23-21)18(16)14-8-3-1-4-9-14/h1-13,21H. The van der Waals surface area contributed by atoms with Crippen LogP contribution >= 0.6 is 0 Å². The van der Waals surface area contributed by atoms with Crippen LogP contribution in [-0.4, -0.2) is 11.2 Å². The molecule has 0 aliphatic rings. The number of carbonyl (C=O) groups is 1. The lowest BCUT2D eigenvalue weighted by Crippen LogP contribution is -2.09. The maximum atomic E-state index is 12.3.